The predicted octanol–water partition coefficient (Wildman–Crippen LogP) is 1.56. The number of hydrogen-bond acceptors (Lipinski definition) is 8. The van der Waals surface area contributed by atoms with Crippen LogP contribution in [0.2, 0.25) is 0 Å². The SMILES string of the molecule is C[NH2+]CCOC1CC([C@H]2OC3C(CCC4C5C(CC(O)CC5OC)C[C@@]5(CC[C@@H](CC6CCC(N)[NH2+]C6)C5)C43)[C@H]2COC(C)=O)CCC1O. The van der Waals surface area contributed by atoms with Crippen molar-refractivity contribution in [2.75, 3.05) is 40.5 Å². The van der Waals surface area contributed by atoms with Crippen LogP contribution < -0.4 is 16.4 Å². The van der Waals surface area contributed by atoms with Gasteiger partial charge in [0, 0.05) is 32.3 Å². The molecule has 7 rings (SSSR count). The van der Waals surface area contributed by atoms with Crippen LogP contribution in [0.25, 0.3) is 0 Å². The minimum absolute atomic E-state index is 0.00444. The van der Waals surface area contributed by atoms with Crippen molar-refractivity contribution in [1.29, 1.82) is 0 Å². The van der Waals surface area contributed by atoms with Crippen LogP contribution in [0.5, 0.6) is 0 Å². The number of hydrogen-bond donors (Lipinski definition) is 5. The molecule has 0 aromatic carbocycles. The smallest absolute Gasteiger partial charge is 0.302 e. The average Bonchev–Trinajstić information content (AvgIpc) is 3.66. The number of ether oxygens (including phenoxy) is 4. The molecule has 13 unspecified atom stereocenters. The van der Waals surface area contributed by atoms with Gasteiger partial charge in [0.15, 0.2) is 0 Å². The van der Waals surface area contributed by atoms with E-state index in [-0.39, 0.29) is 59.9 Å². The number of carbonyl (C=O) groups excluding carboxylic acids is 1. The van der Waals surface area contributed by atoms with Gasteiger partial charge in [-0.2, -0.15) is 0 Å². The van der Waals surface area contributed by atoms with Gasteiger partial charge in [0.1, 0.15) is 6.17 Å². The number of aliphatic hydroxyl groups is 2. The second-order valence-electron chi connectivity index (χ2n) is 17.9. The fourth-order valence-corrected chi connectivity index (χ4v) is 13.3. The zero-order valence-corrected chi connectivity index (χ0v) is 30.6. The first-order valence-electron chi connectivity index (χ1n) is 20.4. The zero-order valence-electron chi connectivity index (χ0n) is 30.6. The van der Waals surface area contributed by atoms with E-state index in [2.05, 4.69) is 10.6 Å². The number of aliphatic hydroxyl groups excluding tert-OH is 2. The Hall–Kier alpha value is -0.850. The van der Waals surface area contributed by atoms with E-state index in [4.69, 9.17) is 24.7 Å². The summed E-state index contributed by atoms with van der Waals surface area (Å²) in [4.78, 5) is 12.2. The molecule has 0 aromatic heterocycles. The molecule has 0 radical (unpaired) electrons. The summed E-state index contributed by atoms with van der Waals surface area (Å²) >= 11 is 0. The summed E-state index contributed by atoms with van der Waals surface area (Å²) in [5, 5.41) is 26.4. The van der Waals surface area contributed by atoms with E-state index in [0.29, 0.717) is 42.8 Å². The Labute approximate surface area is 294 Å². The molecule has 5 aliphatic carbocycles. The highest BCUT2D eigenvalue weighted by Crippen LogP contribution is 2.68. The monoisotopic (exact) mass is 692 g/mol. The van der Waals surface area contributed by atoms with Gasteiger partial charge in [-0.05, 0) is 130 Å². The highest BCUT2D eigenvalue weighted by atomic mass is 16.5. The minimum Gasteiger partial charge on any atom is -0.465 e. The van der Waals surface area contributed by atoms with E-state index in [1.807, 2.05) is 14.2 Å². The van der Waals surface area contributed by atoms with Crippen LogP contribution in [0.15, 0.2) is 0 Å². The first-order valence-corrected chi connectivity index (χ1v) is 20.4. The Kier molecular flexibility index (Phi) is 11.6. The van der Waals surface area contributed by atoms with Crippen LogP contribution in [0.4, 0.5) is 0 Å². The van der Waals surface area contributed by atoms with Gasteiger partial charge in [0.2, 0.25) is 0 Å². The molecule has 2 saturated heterocycles. The highest BCUT2D eigenvalue weighted by Gasteiger charge is 2.65. The first kappa shape index (κ1) is 36.5. The quantitative estimate of drug-likeness (QED) is 0.171. The molecule has 0 amide bonds. The fourth-order valence-electron chi connectivity index (χ4n) is 13.3. The normalized spacial score (nSPS) is 49.7. The van der Waals surface area contributed by atoms with Crippen molar-refractivity contribution >= 4 is 5.97 Å². The molecule has 0 aromatic rings. The van der Waals surface area contributed by atoms with Crippen LogP contribution in [-0.4, -0.2) is 99.4 Å². The van der Waals surface area contributed by atoms with Gasteiger partial charge >= 0.3 is 5.97 Å². The average molecular weight is 692 g/mol. The van der Waals surface area contributed by atoms with E-state index in [1.54, 1.807) is 0 Å². The maximum atomic E-state index is 12.2. The maximum absolute atomic E-state index is 12.2. The van der Waals surface area contributed by atoms with Gasteiger partial charge in [0.05, 0.1) is 70.0 Å². The van der Waals surface area contributed by atoms with Crippen molar-refractivity contribution in [3.05, 3.63) is 0 Å². The van der Waals surface area contributed by atoms with Gasteiger partial charge in [-0.1, -0.05) is 0 Å². The van der Waals surface area contributed by atoms with Crippen molar-refractivity contribution in [3.8, 4) is 0 Å². The lowest BCUT2D eigenvalue weighted by atomic mass is 9.45. The Balaban J connectivity index is 1.17. The van der Waals surface area contributed by atoms with Gasteiger partial charge in [-0.25, -0.2) is 0 Å². The molecule has 10 nitrogen and oxygen atoms in total. The molecule has 10 heteroatoms. The predicted molar refractivity (Wildman–Crippen MR) is 184 cm³/mol. The summed E-state index contributed by atoms with van der Waals surface area (Å²) < 4.78 is 25.9. The minimum atomic E-state index is -0.438. The molecule has 7 fully saturated rings. The largest absolute Gasteiger partial charge is 0.465 e. The van der Waals surface area contributed by atoms with Gasteiger partial charge in [-0.15, -0.1) is 0 Å². The molecule has 1 spiro atoms. The number of methoxy groups -OCH3 is 1. The van der Waals surface area contributed by atoms with Gasteiger partial charge < -0.3 is 39.8 Å². The van der Waals surface area contributed by atoms with Crippen molar-refractivity contribution in [2.24, 2.45) is 64.4 Å². The summed E-state index contributed by atoms with van der Waals surface area (Å²) in [6.45, 7) is 4.62. The fraction of sp³-hybridized carbons (Fsp3) is 0.974. The lowest BCUT2D eigenvalue weighted by Crippen LogP contribution is -2.95. The number of esters is 1. The second kappa shape index (κ2) is 15.6. The van der Waals surface area contributed by atoms with Crippen molar-refractivity contribution in [2.45, 2.75) is 140 Å². The number of nitrogens with two attached hydrogens (primary N) is 3. The standard InChI is InChI=1S/C39H67N3O7/c1-22(43)48-21-30-28-6-7-29-35-26(15-27(44)17-33(35)46-3)19-39(11-10-23(18-39)14-24-4-9-34(40)42-20-24)36(29)38(28)49-37(30)25-5-8-31(45)32(16-25)47-13-12-41-2/h23-38,41-42,44-45H,4-21,40H2,1-3H3/p+2/t23-,24?,25?,26?,27?,28?,29?,30+,31?,32?,33?,34?,35?,36?,37+,38?,39-/m0/s1. The number of fused-ring (bicyclic) bond motifs is 6. The molecule has 5 saturated carbocycles. The molecule has 2 aliphatic heterocycles. The Bertz CT molecular complexity index is 1110. The Morgan fingerprint density at radius 2 is 1.80 bits per heavy atom. The molecule has 8 N–H and O–H groups in total. The van der Waals surface area contributed by atoms with Crippen LogP contribution >= 0.6 is 0 Å². The van der Waals surface area contributed by atoms with E-state index >= 15 is 0 Å². The van der Waals surface area contributed by atoms with Crippen LogP contribution in [0, 0.1) is 58.7 Å². The molecular weight excluding hydrogens is 622 g/mol. The lowest BCUT2D eigenvalue weighted by Gasteiger charge is -2.61. The van der Waals surface area contributed by atoms with Crippen LogP contribution in [0.3, 0.4) is 0 Å². The molecule has 17 atom stereocenters. The van der Waals surface area contributed by atoms with Crippen LogP contribution in [-0.2, 0) is 23.7 Å². The summed E-state index contributed by atoms with van der Waals surface area (Å²) in [6, 6.07) is 0. The van der Waals surface area contributed by atoms with Crippen LogP contribution in [0.1, 0.15) is 96.8 Å². The molecule has 7 aliphatic rings. The third-order valence-electron chi connectivity index (χ3n) is 15.2. The topological polar surface area (TPSA) is 154 Å². The van der Waals surface area contributed by atoms with E-state index in [0.717, 1.165) is 69.9 Å². The zero-order chi connectivity index (χ0) is 34.3. The van der Waals surface area contributed by atoms with E-state index in [9.17, 15) is 15.0 Å². The number of quaternary nitrogens is 2. The van der Waals surface area contributed by atoms with Crippen molar-refractivity contribution in [3.63, 3.8) is 0 Å². The van der Waals surface area contributed by atoms with Gasteiger partial charge in [-0.3, -0.25) is 10.5 Å². The molecule has 49 heavy (non-hydrogen) atoms. The van der Waals surface area contributed by atoms with Gasteiger partial charge in [0.25, 0.3) is 0 Å². The number of carbonyl (C=O) groups is 1. The van der Waals surface area contributed by atoms with E-state index < -0.39 is 6.10 Å². The van der Waals surface area contributed by atoms with E-state index in [1.165, 1.54) is 51.9 Å². The summed E-state index contributed by atoms with van der Waals surface area (Å²) in [6.07, 6.45) is 14.7. The number of rotatable bonds is 10. The van der Waals surface area contributed by atoms with Crippen molar-refractivity contribution < 1.29 is 44.6 Å². The number of piperidine rings is 1. The number of likely N-dealkylation sites (N-methyl/N-ethyl adjacent to an activating group) is 1. The summed E-state index contributed by atoms with van der Waals surface area (Å²) in [7, 11) is 3.90. The third-order valence-corrected chi connectivity index (χ3v) is 15.2. The second-order valence-corrected chi connectivity index (χ2v) is 17.9. The molecule has 2 heterocycles. The molecule has 280 valence electrons. The van der Waals surface area contributed by atoms with Crippen molar-refractivity contribution in [1.82, 2.24) is 0 Å². The Morgan fingerprint density at radius 3 is 2.55 bits per heavy atom. The molecule has 0 bridgehead atoms. The third kappa shape index (κ3) is 7.51. The first-order chi connectivity index (χ1) is 23.7. The summed E-state index contributed by atoms with van der Waals surface area (Å²) in [5.41, 5.74) is 6.46. The highest BCUT2D eigenvalue weighted by molar-refractivity contribution is 5.65. The lowest BCUT2D eigenvalue weighted by molar-refractivity contribution is -0.703. The maximum Gasteiger partial charge on any atom is 0.302 e. The Morgan fingerprint density at radius 1 is 0.959 bits per heavy atom. The molecular formula is C39H69N3O7+2. The summed E-state index contributed by atoms with van der Waals surface area (Å²) in [5.74, 6) is 4.04.